The van der Waals surface area contributed by atoms with Crippen molar-refractivity contribution in [2.24, 2.45) is 11.8 Å². The second kappa shape index (κ2) is 10.9. The molecule has 3 heterocycles. The maximum absolute atomic E-state index is 13.1. The second-order valence-electron chi connectivity index (χ2n) is 8.13. The Morgan fingerprint density at radius 2 is 2.03 bits per heavy atom. The molecule has 0 aliphatic carbocycles. The topological polar surface area (TPSA) is 74.3 Å². The van der Waals surface area contributed by atoms with Gasteiger partial charge < -0.3 is 18.9 Å². The molecule has 2 aliphatic rings. The average molecular weight is 460 g/mol. The summed E-state index contributed by atoms with van der Waals surface area (Å²) in [6.45, 7) is 1.52. The minimum absolute atomic E-state index is 0.173. The molecular weight excluding hydrogens is 430 g/mol. The number of thiophene rings is 1. The molecule has 7 nitrogen and oxygen atoms in total. The van der Waals surface area contributed by atoms with Gasteiger partial charge in [0.15, 0.2) is 6.29 Å². The monoisotopic (exact) mass is 459 g/mol. The number of nitrogens with zero attached hydrogens (tertiary/aromatic N) is 1. The summed E-state index contributed by atoms with van der Waals surface area (Å²) < 4.78 is 22.4. The summed E-state index contributed by atoms with van der Waals surface area (Å²) in [5.41, 5.74) is 1.81. The predicted molar refractivity (Wildman–Crippen MR) is 119 cm³/mol. The van der Waals surface area contributed by atoms with Crippen molar-refractivity contribution in [3.8, 4) is 0 Å². The van der Waals surface area contributed by atoms with Crippen LogP contribution in [0, 0.1) is 11.8 Å². The molecule has 4 unspecified atom stereocenters. The van der Waals surface area contributed by atoms with E-state index in [-0.39, 0.29) is 24.8 Å². The largest absolute Gasteiger partial charge is 0.469 e. The molecule has 2 aromatic rings. The quantitative estimate of drug-likeness (QED) is 0.572. The molecule has 2 fully saturated rings. The lowest BCUT2D eigenvalue weighted by molar-refractivity contribution is -0.173. The fraction of sp³-hybridized carbons (Fsp3) is 0.500. The van der Waals surface area contributed by atoms with Crippen molar-refractivity contribution >= 4 is 23.4 Å². The Morgan fingerprint density at radius 1 is 1.19 bits per heavy atom. The van der Waals surface area contributed by atoms with Gasteiger partial charge in [0.1, 0.15) is 6.61 Å². The summed E-state index contributed by atoms with van der Waals surface area (Å²) in [7, 11) is 1.38. The standard InChI is InChI=1S/C24H29NO6S/c1-28-23(26)21-19(15-30-20-9-5-6-11-29-20)13-25(22(21)18-10-12-32-16-18)24(27)31-14-17-7-3-2-4-8-17/h2-4,7-8,10,12,16,19-22H,5-6,9,11,13-15H2,1H3. The van der Waals surface area contributed by atoms with Crippen LogP contribution in [0.15, 0.2) is 47.2 Å². The normalized spacial score (nSPS) is 25.5. The first-order valence-corrected chi connectivity index (χ1v) is 11.9. The first-order valence-electron chi connectivity index (χ1n) is 11.0. The van der Waals surface area contributed by atoms with Crippen LogP contribution < -0.4 is 0 Å². The highest BCUT2D eigenvalue weighted by Gasteiger charge is 2.50. The minimum atomic E-state index is -0.539. The van der Waals surface area contributed by atoms with E-state index < -0.39 is 18.1 Å². The first kappa shape index (κ1) is 22.8. The van der Waals surface area contributed by atoms with E-state index in [1.54, 1.807) is 4.90 Å². The average Bonchev–Trinajstić information content (AvgIpc) is 3.50. The molecule has 0 N–H and O–H groups in total. The molecule has 172 valence electrons. The van der Waals surface area contributed by atoms with E-state index in [1.165, 1.54) is 18.4 Å². The number of carbonyl (C=O) groups is 2. The molecule has 2 aliphatic heterocycles. The number of likely N-dealkylation sites (tertiary alicyclic amines) is 1. The zero-order valence-corrected chi connectivity index (χ0v) is 19.0. The summed E-state index contributed by atoms with van der Waals surface area (Å²) in [5.74, 6) is -1.11. The third-order valence-electron chi connectivity index (χ3n) is 6.05. The van der Waals surface area contributed by atoms with Gasteiger partial charge in [0.05, 0.1) is 25.7 Å². The van der Waals surface area contributed by atoms with Crippen molar-refractivity contribution in [3.63, 3.8) is 0 Å². The van der Waals surface area contributed by atoms with Crippen molar-refractivity contribution in [2.45, 2.75) is 38.2 Å². The maximum atomic E-state index is 13.1. The molecular formula is C24H29NO6S. The van der Waals surface area contributed by atoms with E-state index >= 15 is 0 Å². The fourth-order valence-electron chi connectivity index (χ4n) is 4.44. The number of amides is 1. The summed E-state index contributed by atoms with van der Waals surface area (Å²) in [6, 6.07) is 11.0. The molecule has 32 heavy (non-hydrogen) atoms. The lowest BCUT2D eigenvalue weighted by atomic mass is 9.88. The number of benzene rings is 1. The van der Waals surface area contributed by atoms with E-state index in [0.29, 0.717) is 19.8 Å². The van der Waals surface area contributed by atoms with Gasteiger partial charge in [0.25, 0.3) is 0 Å². The highest BCUT2D eigenvalue weighted by Crippen LogP contribution is 2.43. The van der Waals surface area contributed by atoms with Crippen molar-refractivity contribution in [2.75, 3.05) is 26.9 Å². The maximum Gasteiger partial charge on any atom is 0.410 e. The third kappa shape index (κ3) is 5.31. The van der Waals surface area contributed by atoms with Gasteiger partial charge in [-0.1, -0.05) is 30.3 Å². The molecule has 0 saturated carbocycles. The van der Waals surface area contributed by atoms with Crippen molar-refractivity contribution < 1.29 is 28.5 Å². The van der Waals surface area contributed by atoms with Crippen LogP contribution in [0.5, 0.6) is 0 Å². The van der Waals surface area contributed by atoms with E-state index in [4.69, 9.17) is 18.9 Å². The van der Waals surface area contributed by atoms with Crippen molar-refractivity contribution in [3.05, 3.63) is 58.3 Å². The Hall–Kier alpha value is -2.42. The zero-order chi connectivity index (χ0) is 22.3. The van der Waals surface area contributed by atoms with E-state index in [9.17, 15) is 9.59 Å². The molecule has 4 rings (SSSR count). The summed E-state index contributed by atoms with van der Waals surface area (Å²) >= 11 is 1.53. The zero-order valence-electron chi connectivity index (χ0n) is 18.2. The number of ether oxygens (including phenoxy) is 4. The van der Waals surface area contributed by atoms with Crippen LogP contribution in [-0.4, -0.2) is 50.1 Å². The molecule has 0 spiro atoms. The number of hydrogen-bond donors (Lipinski definition) is 0. The van der Waals surface area contributed by atoms with Gasteiger partial charge in [-0.2, -0.15) is 11.3 Å². The SMILES string of the molecule is COC(=O)C1C(COC2CCCCO2)CN(C(=O)OCc2ccccc2)C1c1ccsc1. The Kier molecular flexibility index (Phi) is 7.78. The number of carbonyl (C=O) groups excluding carboxylic acids is 2. The molecule has 8 heteroatoms. The van der Waals surface area contributed by atoms with E-state index in [0.717, 1.165) is 30.4 Å². The first-order chi connectivity index (χ1) is 15.7. The number of esters is 1. The smallest absolute Gasteiger partial charge is 0.410 e. The van der Waals surface area contributed by atoms with Gasteiger partial charge >= 0.3 is 12.1 Å². The highest BCUT2D eigenvalue weighted by molar-refractivity contribution is 7.08. The molecule has 2 saturated heterocycles. The van der Waals surface area contributed by atoms with Crippen LogP contribution in [0.1, 0.15) is 36.4 Å². The van der Waals surface area contributed by atoms with Gasteiger partial charge in [-0.15, -0.1) is 0 Å². The molecule has 4 atom stereocenters. The van der Waals surface area contributed by atoms with Crippen LogP contribution >= 0.6 is 11.3 Å². The van der Waals surface area contributed by atoms with Crippen molar-refractivity contribution in [1.82, 2.24) is 4.90 Å². The Labute approximate surface area is 192 Å². The summed E-state index contributed by atoms with van der Waals surface area (Å²) in [4.78, 5) is 27.6. The Bertz CT molecular complexity index is 868. The lowest BCUT2D eigenvalue weighted by Gasteiger charge is -2.27. The Balaban J connectivity index is 1.51. The molecule has 1 aromatic heterocycles. The van der Waals surface area contributed by atoms with Gasteiger partial charge in [-0.3, -0.25) is 9.69 Å². The van der Waals surface area contributed by atoms with Gasteiger partial charge in [-0.05, 0) is 47.2 Å². The van der Waals surface area contributed by atoms with Crippen molar-refractivity contribution in [1.29, 1.82) is 0 Å². The van der Waals surface area contributed by atoms with Gasteiger partial charge in [0.2, 0.25) is 0 Å². The molecule has 1 aromatic carbocycles. The molecule has 0 radical (unpaired) electrons. The van der Waals surface area contributed by atoms with Gasteiger partial charge in [0, 0.05) is 19.1 Å². The number of methoxy groups -OCH3 is 1. The lowest BCUT2D eigenvalue weighted by Crippen LogP contribution is -2.34. The highest BCUT2D eigenvalue weighted by atomic mass is 32.1. The van der Waals surface area contributed by atoms with E-state index in [2.05, 4.69) is 0 Å². The molecule has 0 bridgehead atoms. The van der Waals surface area contributed by atoms with Gasteiger partial charge in [-0.25, -0.2) is 4.79 Å². The molecule has 1 amide bonds. The Morgan fingerprint density at radius 3 is 2.72 bits per heavy atom. The fourth-order valence-corrected chi connectivity index (χ4v) is 5.13. The van der Waals surface area contributed by atoms with E-state index in [1.807, 2.05) is 47.2 Å². The number of rotatable bonds is 7. The predicted octanol–water partition coefficient (Wildman–Crippen LogP) is 4.39. The summed E-state index contributed by atoms with van der Waals surface area (Å²) in [5, 5.41) is 3.91. The number of hydrogen-bond acceptors (Lipinski definition) is 7. The van der Waals surface area contributed by atoms with Crippen LogP contribution in [0.3, 0.4) is 0 Å². The van der Waals surface area contributed by atoms with Crippen LogP contribution in [-0.2, 0) is 30.3 Å². The van der Waals surface area contributed by atoms with Crippen LogP contribution in [0.4, 0.5) is 4.79 Å². The minimum Gasteiger partial charge on any atom is -0.469 e. The second-order valence-corrected chi connectivity index (χ2v) is 8.91. The summed E-state index contributed by atoms with van der Waals surface area (Å²) in [6.07, 6.45) is 2.23. The van der Waals surface area contributed by atoms with Crippen LogP contribution in [0.25, 0.3) is 0 Å². The van der Waals surface area contributed by atoms with Crippen LogP contribution in [0.2, 0.25) is 0 Å². The third-order valence-corrected chi connectivity index (χ3v) is 6.75.